The SMILES string of the molecule is CC1(C)C(c2nnc(C(Cl)c3ccccc3)s2)C1(C)C. The number of hydrogen-bond acceptors (Lipinski definition) is 3. The van der Waals surface area contributed by atoms with Gasteiger partial charge in [0.1, 0.15) is 15.4 Å². The largest absolute Gasteiger partial charge is 0.143 e. The predicted molar refractivity (Wildman–Crippen MR) is 84.4 cm³/mol. The van der Waals surface area contributed by atoms with Crippen molar-refractivity contribution in [2.45, 2.75) is 39.0 Å². The second-order valence-electron chi connectivity index (χ2n) is 6.63. The first-order chi connectivity index (χ1) is 9.35. The Morgan fingerprint density at radius 3 is 2.20 bits per heavy atom. The highest BCUT2D eigenvalue weighted by molar-refractivity contribution is 7.11. The highest BCUT2D eigenvalue weighted by atomic mass is 35.5. The standard InChI is InChI=1S/C16H19ClN2S/c1-15(2)12(16(15,3)4)14-19-18-13(20-14)11(17)10-8-6-5-7-9-10/h5-9,11-12H,1-4H3. The number of halogens is 1. The lowest BCUT2D eigenvalue weighted by molar-refractivity contribution is 0.457. The summed E-state index contributed by atoms with van der Waals surface area (Å²) in [7, 11) is 0. The molecule has 20 heavy (non-hydrogen) atoms. The number of aromatic nitrogens is 2. The van der Waals surface area contributed by atoms with E-state index in [0.717, 1.165) is 15.6 Å². The molecule has 1 saturated carbocycles. The molecule has 0 amide bonds. The van der Waals surface area contributed by atoms with Crippen molar-refractivity contribution >= 4 is 22.9 Å². The average Bonchev–Trinajstić information content (AvgIpc) is 2.75. The Morgan fingerprint density at radius 2 is 1.65 bits per heavy atom. The molecule has 0 aliphatic heterocycles. The van der Waals surface area contributed by atoms with E-state index in [1.807, 2.05) is 30.3 Å². The van der Waals surface area contributed by atoms with E-state index in [1.54, 1.807) is 11.3 Å². The van der Waals surface area contributed by atoms with Gasteiger partial charge >= 0.3 is 0 Å². The maximum atomic E-state index is 6.52. The van der Waals surface area contributed by atoms with E-state index in [1.165, 1.54) is 0 Å². The van der Waals surface area contributed by atoms with Crippen LogP contribution in [0, 0.1) is 10.8 Å². The van der Waals surface area contributed by atoms with Gasteiger partial charge in [-0.15, -0.1) is 21.8 Å². The summed E-state index contributed by atoms with van der Waals surface area (Å²) in [6.45, 7) is 9.20. The molecule has 1 aromatic carbocycles. The number of rotatable bonds is 3. The van der Waals surface area contributed by atoms with E-state index in [0.29, 0.717) is 16.7 Å². The van der Waals surface area contributed by atoms with Crippen LogP contribution in [0.25, 0.3) is 0 Å². The molecule has 1 fully saturated rings. The Bertz CT molecular complexity index is 604. The van der Waals surface area contributed by atoms with Crippen molar-refractivity contribution in [1.82, 2.24) is 10.2 Å². The lowest BCUT2D eigenvalue weighted by Gasteiger charge is -2.04. The first-order valence-electron chi connectivity index (χ1n) is 6.88. The van der Waals surface area contributed by atoms with Crippen molar-refractivity contribution in [3.8, 4) is 0 Å². The maximum Gasteiger partial charge on any atom is 0.139 e. The van der Waals surface area contributed by atoms with Gasteiger partial charge in [-0.2, -0.15) is 0 Å². The van der Waals surface area contributed by atoms with Crippen LogP contribution in [0.5, 0.6) is 0 Å². The van der Waals surface area contributed by atoms with Gasteiger partial charge in [0.15, 0.2) is 0 Å². The fourth-order valence-electron chi connectivity index (χ4n) is 3.04. The third-order valence-corrected chi connectivity index (χ3v) is 6.67. The molecule has 0 spiro atoms. The lowest BCUT2D eigenvalue weighted by Crippen LogP contribution is -1.95. The third kappa shape index (κ3) is 1.99. The number of benzene rings is 1. The van der Waals surface area contributed by atoms with Crippen molar-refractivity contribution in [3.63, 3.8) is 0 Å². The summed E-state index contributed by atoms with van der Waals surface area (Å²) >= 11 is 8.18. The van der Waals surface area contributed by atoms with Crippen LogP contribution >= 0.6 is 22.9 Å². The van der Waals surface area contributed by atoms with Gasteiger partial charge in [-0.3, -0.25) is 0 Å². The molecule has 4 heteroatoms. The average molecular weight is 307 g/mol. The molecule has 0 saturated heterocycles. The van der Waals surface area contributed by atoms with Crippen molar-refractivity contribution in [2.24, 2.45) is 10.8 Å². The Kier molecular flexibility index (Phi) is 3.18. The van der Waals surface area contributed by atoms with Crippen molar-refractivity contribution in [3.05, 3.63) is 45.9 Å². The molecule has 1 aromatic heterocycles. The van der Waals surface area contributed by atoms with E-state index >= 15 is 0 Å². The van der Waals surface area contributed by atoms with Gasteiger partial charge < -0.3 is 0 Å². The van der Waals surface area contributed by atoms with Crippen LogP contribution in [0.3, 0.4) is 0 Å². The molecule has 106 valence electrons. The lowest BCUT2D eigenvalue weighted by atomic mass is 10.0. The molecular weight excluding hydrogens is 288 g/mol. The first-order valence-corrected chi connectivity index (χ1v) is 8.13. The minimum Gasteiger partial charge on any atom is -0.143 e. The van der Waals surface area contributed by atoms with Crippen LogP contribution in [-0.2, 0) is 0 Å². The van der Waals surface area contributed by atoms with Crippen LogP contribution in [0.15, 0.2) is 30.3 Å². The molecule has 1 unspecified atom stereocenters. The third-order valence-electron chi connectivity index (χ3n) is 5.03. The quantitative estimate of drug-likeness (QED) is 0.744. The van der Waals surface area contributed by atoms with E-state index in [-0.39, 0.29) is 5.38 Å². The minimum absolute atomic E-state index is 0.201. The van der Waals surface area contributed by atoms with Crippen LogP contribution in [0.4, 0.5) is 0 Å². The van der Waals surface area contributed by atoms with Gasteiger partial charge in [0.25, 0.3) is 0 Å². The maximum absolute atomic E-state index is 6.52. The van der Waals surface area contributed by atoms with E-state index < -0.39 is 0 Å². The summed E-state index contributed by atoms with van der Waals surface area (Å²) in [6, 6.07) is 10.1. The molecule has 1 heterocycles. The van der Waals surface area contributed by atoms with Gasteiger partial charge in [-0.1, -0.05) is 69.4 Å². The molecule has 2 nitrogen and oxygen atoms in total. The second-order valence-corrected chi connectivity index (χ2v) is 8.11. The fourth-order valence-corrected chi connectivity index (χ4v) is 4.69. The van der Waals surface area contributed by atoms with Crippen LogP contribution < -0.4 is 0 Å². The molecule has 0 N–H and O–H groups in total. The Balaban J connectivity index is 1.86. The van der Waals surface area contributed by atoms with Crippen molar-refractivity contribution in [2.75, 3.05) is 0 Å². The molecule has 2 aromatic rings. The molecule has 0 bridgehead atoms. The molecule has 1 aliphatic carbocycles. The first kappa shape index (κ1) is 14.0. The van der Waals surface area contributed by atoms with Crippen molar-refractivity contribution < 1.29 is 0 Å². The van der Waals surface area contributed by atoms with Crippen LogP contribution in [0.1, 0.15) is 54.6 Å². The summed E-state index contributed by atoms with van der Waals surface area (Å²) in [5, 5.41) is 10.5. The van der Waals surface area contributed by atoms with E-state index in [2.05, 4.69) is 37.9 Å². The Hall–Kier alpha value is -0.930. The topological polar surface area (TPSA) is 25.8 Å². The van der Waals surface area contributed by atoms with Gasteiger partial charge in [-0.05, 0) is 16.4 Å². The van der Waals surface area contributed by atoms with Gasteiger partial charge in [0.2, 0.25) is 0 Å². The van der Waals surface area contributed by atoms with Gasteiger partial charge in [-0.25, -0.2) is 0 Å². The van der Waals surface area contributed by atoms with Gasteiger partial charge in [0.05, 0.1) is 0 Å². The Morgan fingerprint density at radius 1 is 1.05 bits per heavy atom. The zero-order valence-electron chi connectivity index (χ0n) is 12.2. The predicted octanol–water partition coefficient (Wildman–Crippen LogP) is 5.02. The zero-order valence-corrected chi connectivity index (χ0v) is 13.8. The smallest absolute Gasteiger partial charge is 0.139 e. The summed E-state index contributed by atoms with van der Waals surface area (Å²) in [5.41, 5.74) is 1.66. The molecular formula is C16H19ClN2S. The van der Waals surface area contributed by atoms with E-state index in [9.17, 15) is 0 Å². The Labute approximate surface area is 129 Å². The summed E-state index contributed by atoms with van der Waals surface area (Å²) in [4.78, 5) is 0. The van der Waals surface area contributed by atoms with Crippen LogP contribution in [-0.4, -0.2) is 10.2 Å². The highest BCUT2D eigenvalue weighted by Gasteiger charge is 2.66. The normalized spacial score (nSPS) is 21.6. The minimum atomic E-state index is -0.201. The summed E-state index contributed by atoms with van der Waals surface area (Å²) in [6.07, 6.45) is 0. The fraction of sp³-hybridized carbons (Fsp3) is 0.500. The number of nitrogens with zero attached hydrogens (tertiary/aromatic N) is 2. The van der Waals surface area contributed by atoms with Crippen LogP contribution in [0.2, 0.25) is 0 Å². The number of hydrogen-bond donors (Lipinski definition) is 0. The molecule has 1 aliphatic rings. The summed E-state index contributed by atoms with van der Waals surface area (Å²) < 4.78 is 0. The van der Waals surface area contributed by atoms with Crippen molar-refractivity contribution in [1.29, 1.82) is 0 Å². The molecule has 0 radical (unpaired) electrons. The summed E-state index contributed by atoms with van der Waals surface area (Å²) in [5.74, 6) is 0.487. The zero-order chi connectivity index (χ0) is 14.5. The van der Waals surface area contributed by atoms with E-state index in [4.69, 9.17) is 11.6 Å². The molecule has 1 atom stereocenters. The monoisotopic (exact) mass is 306 g/mol. The highest BCUT2D eigenvalue weighted by Crippen LogP contribution is 2.73. The second kappa shape index (κ2) is 4.54. The molecule has 3 rings (SSSR count). The van der Waals surface area contributed by atoms with Gasteiger partial charge in [0, 0.05) is 5.92 Å². The number of alkyl halides is 1.